The average molecular weight is 436 g/mol. The van der Waals surface area contributed by atoms with E-state index in [0.717, 1.165) is 36.0 Å². The molecule has 0 aliphatic heterocycles. The van der Waals surface area contributed by atoms with Crippen molar-refractivity contribution >= 4 is 22.4 Å². The molecule has 0 atom stereocenters. The lowest BCUT2D eigenvalue weighted by Gasteiger charge is -2.11. The first-order chi connectivity index (χ1) is 15.1. The van der Waals surface area contributed by atoms with Gasteiger partial charge in [-0.3, -0.25) is 4.79 Å². The molecular formula is C24H25N3O3S. The molecule has 2 aromatic carbocycles. The van der Waals surface area contributed by atoms with Gasteiger partial charge < -0.3 is 9.47 Å². The summed E-state index contributed by atoms with van der Waals surface area (Å²) in [7, 11) is 1.62. The van der Waals surface area contributed by atoms with Crippen molar-refractivity contribution in [3.63, 3.8) is 0 Å². The zero-order chi connectivity index (χ0) is 21.8. The summed E-state index contributed by atoms with van der Waals surface area (Å²) in [6, 6.07) is 13.6. The van der Waals surface area contributed by atoms with Crippen LogP contribution in [0.5, 0.6) is 11.5 Å². The molecule has 4 aromatic rings. The maximum atomic E-state index is 12.9. The smallest absolute Gasteiger partial charge is 0.291 e. The second-order valence-corrected chi connectivity index (χ2v) is 8.34. The van der Waals surface area contributed by atoms with Gasteiger partial charge in [-0.1, -0.05) is 61.4 Å². The number of fused-ring (bicyclic) bond motifs is 1. The molecule has 160 valence electrons. The lowest BCUT2D eigenvalue weighted by Crippen LogP contribution is -2.23. The zero-order valence-corrected chi connectivity index (χ0v) is 18.7. The highest BCUT2D eigenvalue weighted by Gasteiger charge is 2.13. The van der Waals surface area contributed by atoms with Crippen LogP contribution in [0.3, 0.4) is 0 Å². The van der Waals surface area contributed by atoms with Gasteiger partial charge in [-0.05, 0) is 42.7 Å². The van der Waals surface area contributed by atoms with Gasteiger partial charge in [-0.15, -0.1) is 5.10 Å². The van der Waals surface area contributed by atoms with Gasteiger partial charge in [0.1, 0.15) is 0 Å². The third-order valence-electron chi connectivity index (χ3n) is 5.06. The molecule has 0 bridgehead atoms. The average Bonchev–Trinajstić information content (AvgIpc) is 3.31. The number of rotatable bonds is 8. The molecule has 0 saturated heterocycles. The quantitative estimate of drug-likeness (QED) is 0.387. The maximum Gasteiger partial charge on any atom is 0.291 e. The van der Waals surface area contributed by atoms with Crippen molar-refractivity contribution in [3.8, 4) is 22.9 Å². The molecule has 0 saturated carbocycles. The number of ether oxygens (including phenoxy) is 2. The van der Waals surface area contributed by atoms with E-state index < -0.39 is 0 Å². The van der Waals surface area contributed by atoms with Crippen molar-refractivity contribution < 1.29 is 9.47 Å². The summed E-state index contributed by atoms with van der Waals surface area (Å²) in [5.41, 5.74) is 2.69. The van der Waals surface area contributed by atoms with Crippen molar-refractivity contribution in [1.82, 2.24) is 14.6 Å². The van der Waals surface area contributed by atoms with E-state index in [1.54, 1.807) is 7.11 Å². The van der Waals surface area contributed by atoms with Crippen LogP contribution in [0.15, 0.2) is 47.3 Å². The Bertz CT molecular complexity index is 1310. The molecule has 31 heavy (non-hydrogen) atoms. The van der Waals surface area contributed by atoms with Crippen LogP contribution in [0.2, 0.25) is 0 Å². The second-order valence-electron chi connectivity index (χ2n) is 7.33. The van der Waals surface area contributed by atoms with E-state index in [1.807, 2.05) is 55.5 Å². The number of thiazole rings is 1. The lowest BCUT2D eigenvalue weighted by atomic mass is 10.1. The molecule has 0 spiro atoms. The number of benzene rings is 2. The molecule has 0 unspecified atom stereocenters. The minimum absolute atomic E-state index is 0.175. The summed E-state index contributed by atoms with van der Waals surface area (Å²) in [5.74, 6) is 1.93. The van der Waals surface area contributed by atoms with Crippen LogP contribution in [-0.4, -0.2) is 28.3 Å². The molecule has 7 heteroatoms. The Morgan fingerprint density at radius 1 is 1.13 bits per heavy atom. The fourth-order valence-electron chi connectivity index (χ4n) is 3.35. The third kappa shape index (κ3) is 4.46. The maximum absolute atomic E-state index is 12.9. The number of unbranched alkanes of at least 4 members (excludes halogenated alkanes) is 2. The number of aryl methyl sites for hydroxylation is 1. The second kappa shape index (κ2) is 9.31. The standard InChI is InChI=1S/C24H25N3O3S/c1-4-5-8-13-30-19-12-11-17(14-20(19)29-3)15-21-23(28)27-24(31-21)25-22(26-27)18-10-7-6-9-16(18)2/h6-7,9-12,14-15H,4-5,8,13H2,1-3H3/b21-15-. The summed E-state index contributed by atoms with van der Waals surface area (Å²) < 4.78 is 13.3. The first-order valence-corrected chi connectivity index (χ1v) is 11.2. The fraction of sp³-hybridized carbons (Fsp3) is 0.292. The van der Waals surface area contributed by atoms with E-state index in [1.165, 1.54) is 15.9 Å². The van der Waals surface area contributed by atoms with Crippen LogP contribution in [-0.2, 0) is 0 Å². The van der Waals surface area contributed by atoms with Crippen LogP contribution in [0.25, 0.3) is 22.4 Å². The first kappa shape index (κ1) is 21.1. The third-order valence-corrected chi connectivity index (χ3v) is 6.02. The minimum Gasteiger partial charge on any atom is -0.493 e. The zero-order valence-electron chi connectivity index (χ0n) is 17.9. The van der Waals surface area contributed by atoms with E-state index in [9.17, 15) is 4.79 Å². The van der Waals surface area contributed by atoms with Gasteiger partial charge >= 0.3 is 0 Å². The Labute approximate surface area is 184 Å². The number of hydrogen-bond acceptors (Lipinski definition) is 6. The number of aromatic nitrogens is 3. The normalized spacial score (nSPS) is 11.9. The summed E-state index contributed by atoms with van der Waals surface area (Å²) in [6.45, 7) is 4.83. The summed E-state index contributed by atoms with van der Waals surface area (Å²) >= 11 is 1.33. The van der Waals surface area contributed by atoms with E-state index >= 15 is 0 Å². The molecule has 6 nitrogen and oxygen atoms in total. The lowest BCUT2D eigenvalue weighted by molar-refractivity contribution is 0.286. The Morgan fingerprint density at radius 2 is 1.97 bits per heavy atom. The van der Waals surface area contributed by atoms with Crippen LogP contribution in [0.4, 0.5) is 0 Å². The Kier molecular flexibility index (Phi) is 6.32. The van der Waals surface area contributed by atoms with Gasteiger partial charge in [0.05, 0.1) is 18.2 Å². The van der Waals surface area contributed by atoms with Crippen molar-refractivity contribution in [2.24, 2.45) is 0 Å². The van der Waals surface area contributed by atoms with E-state index in [2.05, 4.69) is 17.0 Å². The topological polar surface area (TPSA) is 65.7 Å². The molecule has 2 aromatic heterocycles. The molecule has 0 aliphatic rings. The molecular weight excluding hydrogens is 410 g/mol. The van der Waals surface area contributed by atoms with Crippen LogP contribution in [0.1, 0.15) is 37.3 Å². The van der Waals surface area contributed by atoms with Crippen molar-refractivity contribution in [2.45, 2.75) is 33.1 Å². The van der Waals surface area contributed by atoms with Gasteiger partial charge in [0.15, 0.2) is 17.3 Å². The van der Waals surface area contributed by atoms with Crippen molar-refractivity contribution in [1.29, 1.82) is 0 Å². The Morgan fingerprint density at radius 3 is 2.71 bits per heavy atom. The van der Waals surface area contributed by atoms with Crippen LogP contribution >= 0.6 is 11.3 Å². The highest BCUT2D eigenvalue weighted by Crippen LogP contribution is 2.28. The Hall–Kier alpha value is -3.19. The van der Waals surface area contributed by atoms with Gasteiger partial charge in [-0.2, -0.15) is 9.50 Å². The van der Waals surface area contributed by atoms with E-state index in [-0.39, 0.29) is 5.56 Å². The summed E-state index contributed by atoms with van der Waals surface area (Å²) in [5, 5.41) is 4.44. The van der Waals surface area contributed by atoms with Gasteiger partial charge in [0.25, 0.3) is 5.56 Å². The fourth-order valence-corrected chi connectivity index (χ4v) is 4.26. The molecule has 0 amide bonds. The SMILES string of the molecule is CCCCCOc1ccc(/C=c2\sc3nc(-c4ccccc4C)nn3c2=O)cc1OC. The highest BCUT2D eigenvalue weighted by atomic mass is 32.1. The van der Waals surface area contributed by atoms with E-state index in [0.29, 0.717) is 33.4 Å². The molecule has 0 N–H and O–H groups in total. The molecule has 0 aliphatic carbocycles. The van der Waals surface area contributed by atoms with Crippen LogP contribution in [0, 0.1) is 6.92 Å². The summed E-state index contributed by atoms with van der Waals surface area (Å²) in [6.07, 6.45) is 5.14. The van der Waals surface area contributed by atoms with Crippen molar-refractivity contribution in [3.05, 3.63) is 68.5 Å². The monoisotopic (exact) mass is 435 g/mol. The first-order valence-electron chi connectivity index (χ1n) is 10.4. The van der Waals surface area contributed by atoms with Gasteiger partial charge in [0, 0.05) is 5.56 Å². The number of nitrogens with zero attached hydrogens (tertiary/aromatic N) is 3. The predicted molar refractivity (Wildman–Crippen MR) is 124 cm³/mol. The largest absolute Gasteiger partial charge is 0.493 e. The van der Waals surface area contributed by atoms with Crippen molar-refractivity contribution in [2.75, 3.05) is 13.7 Å². The number of hydrogen-bond donors (Lipinski definition) is 0. The predicted octanol–water partition coefficient (Wildman–Crippen LogP) is 4.25. The molecule has 2 heterocycles. The summed E-state index contributed by atoms with van der Waals surface area (Å²) in [4.78, 5) is 18.0. The molecule has 0 radical (unpaired) electrons. The van der Waals surface area contributed by atoms with Gasteiger partial charge in [-0.25, -0.2) is 0 Å². The van der Waals surface area contributed by atoms with Gasteiger partial charge in [0.2, 0.25) is 4.96 Å². The molecule has 4 rings (SSSR count). The minimum atomic E-state index is -0.175. The van der Waals surface area contributed by atoms with E-state index in [4.69, 9.17) is 9.47 Å². The molecule has 0 fully saturated rings. The highest BCUT2D eigenvalue weighted by molar-refractivity contribution is 7.15. The van der Waals surface area contributed by atoms with Crippen LogP contribution < -0.4 is 19.6 Å². The number of methoxy groups -OCH3 is 1. The Balaban J connectivity index is 1.63.